The van der Waals surface area contributed by atoms with Gasteiger partial charge in [-0.1, -0.05) is 24.3 Å². The molecule has 3 aromatic rings. The van der Waals surface area contributed by atoms with Gasteiger partial charge in [0.2, 0.25) is 0 Å². The first-order chi connectivity index (χ1) is 12.2. The molecule has 0 aliphatic rings. The first kappa shape index (κ1) is 16.6. The van der Waals surface area contributed by atoms with Gasteiger partial charge in [-0.15, -0.1) is 0 Å². The van der Waals surface area contributed by atoms with Crippen LogP contribution in [0.2, 0.25) is 0 Å². The number of nitrogens with one attached hydrogen (secondary N) is 1. The third-order valence-electron chi connectivity index (χ3n) is 3.86. The lowest BCUT2D eigenvalue weighted by molar-refractivity contribution is 0.0602. The summed E-state index contributed by atoms with van der Waals surface area (Å²) in [5, 5.41) is 4.82. The fraction of sp³-hybridized carbons (Fsp3) is 0.158. The summed E-state index contributed by atoms with van der Waals surface area (Å²) in [5.74, 6) is 1.53. The number of carbonyl (C=O) groups excluding carboxylic acids is 1. The molecule has 3 rings (SSSR count). The second-order valence-electron chi connectivity index (χ2n) is 5.25. The van der Waals surface area contributed by atoms with E-state index in [1.807, 2.05) is 42.5 Å². The van der Waals surface area contributed by atoms with Crippen molar-refractivity contribution < 1.29 is 19.0 Å². The Bertz CT molecular complexity index is 924. The number of rotatable bonds is 5. The summed E-state index contributed by atoms with van der Waals surface area (Å²) >= 11 is 0. The van der Waals surface area contributed by atoms with Crippen molar-refractivity contribution in [1.82, 2.24) is 4.98 Å². The van der Waals surface area contributed by atoms with Gasteiger partial charge in [-0.2, -0.15) is 0 Å². The van der Waals surface area contributed by atoms with E-state index in [4.69, 9.17) is 14.2 Å². The zero-order chi connectivity index (χ0) is 17.8. The van der Waals surface area contributed by atoms with E-state index in [-0.39, 0.29) is 0 Å². The van der Waals surface area contributed by atoms with E-state index < -0.39 is 5.97 Å². The van der Waals surface area contributed by atoms with Gasteiger partial charge < -0.3 is 19.5 Å². The molecule has 0 unspecified atom stereocenters. The zero-order valence-electron chi connectivity index (χ0n) is 14.2. The highest BCUT2D eigenvalue weighted by atomic mass is 16.5. The molecule has 0 saturated heterocycles. The Morgan fingerprint density at radius 2 is 1.76 bits per heavy atom. The second-order valence-corrected chi connectivity index (χ2v) is 5.25. The number of anilines is 2. The molecule has 1 aromatic heterocycles. The molecule has 6 heteroatoms. The molecule has 0 bridgehead atoms. The van der Waals surface area contributed by atoms with Gasteiger partial charge in [-0.3, -0.25) is 0 Å². The average molecular weight is 338 g/mol. The summed E-state index contributed by atoms with van der Waals surface area (Å²) in [7, 11) is 4.55. The molecule has 0 radical (unpaired) electrons. The Kier molecular flexibility index (Phi) is 4.70. The quantitative estimate of drug-likeness (QED) is 0.714. The largest absolute Gasteiger partial charge is 0.497 e. The van der Waals surface area contributed by atoms with Crippen LogP contribution in [0.25, 0.3) is 10.8 Å². The van der Waals surface area contributed by atoms with Crippen LogP contribution >= 0.6 is 0 Å². The first-order valence-corrected chi connectivity index (χ1v) is 7.63. The number of benzene rings is 2. The predicted octanol–water partition coefficient (Wildman–Crippen LogP) is 3.78. The number of esters is 1. The van der Waals surface area contributed by atoms with Crippen LogP contribution in [-0.4, -0.2) is 32.3 Å². The minimum atomic E-state index is -0.422. The van der Waals surface area contributed by atoms with Crippen LogP contribution in [0.1, 0.15) is 10.4 Å². The molecular formula is C19H18N2O4. The molecule has 128 valence electrons. The van der Waals surface area contributed by atoms with Gasteiger partial charge >= 0.3 is 5.97 Å². The number of fused-ring (bicyclic) bond motifs is 1. The molecule has 2 aromatic carbocycles. The highest BCUT2D eigenvalue weighted by molar-refractivity contribution is 6.07. The van der Waals surface area contributed by atoms with Crippen molar-refractivity contribution in [2.75, 3.05) is 26.6 Å². The Labute approximate surface area is 145 Å². The highest BCUT2D eigenvalue weighted by Gasteiger charge is 2.15. The van der Waals surface area contributed by atoms with Gasteiger partial charge in [0.15, 0.2) is 0 Å². The number of hydrogen-bond acceptors (Lipinski definition) is 6. The van der Waals surface area contributed by atoms with Gasteiger partial charge in [0, 0.05) is 23.0 Å². The van der Waals surface area contributed by atoms with Crippen LogP contribution in [-0.2, 0) is 4.74 Å². The number of nitrogens with zero attached hydrogens (tertiary/aromatic N) is 1. The molecule has 0 spiro atoms. The summed E-state index contributed by atoms with van der Waals surface area (Å²) < 4.78 is 15.5. The SMILES string of the molecule is COC(=O)c1cnc(Nc2cc(OC)ccc2OC)c2ccccc12. The van der Waals surface area contributed by atoms with Crippen molar-refractivity contribution in [1.29, 1.82) is 0 Å². The van der Waals surface area contributed by atoms with E-state index in [0.717, 1.165) is 10.8 Å². The Balaban J connectivity index is 2.10. The molecule has 0 fully saturated rings. The topological polar surface area (TPSA) is 69.7 Å². The van der Waals surface area contributed by atoms with Crippen molar-refractivity contribution in [3.05, 3.63) is 54.2 Å². The number of hydrogen-bond donors (Lipinski definition) is 1. The highest BCUT2D eigenvalue weighted by Crippen LogP contribution is 2.33. The molecule has 0 aliphatic heterocycles. The summed E-state index contributed by atoms with van der Waals surface area (Å²) in [6.07, 6.45) is 1.50. The predicted molar refractivity (Wildman–Crippen MR) is 95.9 cm³/mol. The lowest BCUT2D eigenvalue weighted by Crippen LogP contribution is -2.05. The monoisotopic (exact) mass is 338 g/mol. The lowest BCUT2D eigenvalue weighted by atomic mass is 10.1. The maximum Gasteiger partial charge on any atom is 0.340 e. The van der Waals surface area contributed by atoms with E-state index in [1.165, 1.54) is 13.3 Å². The molecule has 1 N–H and O–H groups in total. The molecule has 0 saturated carbocycles. The summed E-state index contributed by atoms with van der Waals surface area (Å²) in [5.41, 5.74) is 1.13. The van der Waals surface area contributed by atoms with Crippen molar-refractivity contribution in [3.8, 4) is 11.5 Å². The van der Waals surface area contributed by atoms with Crippen LogP contribution in [0.5, 0.6) is 11.5 Å². The first-order valence-electron chi connectivity index (χ1n) is 7.63. The third-order valence-corrected chi connectivity index (χ3v) is 3.86. The van der Waals surface area contributed by atoms with E-state index in [1.54, 1.807) is 14.2 Å². The van der Waals surface area contributed by atoms with E-state index in [9.17, 15) is 4.79 Å². The lowest BCUT2D eigenvalue weighted by Gasteiger charge is -2.14. The van der Waals surface area contributed by atoms with Crippen molar-refractivity contribution in [2.45, 2.75) is 0 Å². The molecule has 0 amide bonds. The van der Waals surface area contributed by atoms with E-state index in [2.05, 4.69) is 10.3 Å². The van der Waals surface area contributed by atoms with E-state index >= 15 is 0 Å². The number of carbonyl (C=O) groups is 1. The van der Waals surface area contributed by atoms with Crippen LogP contribution in [0.4, 0.5) is 11.5 Å². The maximum atomic E-state index is 12.0. The number of aromatic nitrogens is 1. The maximum absolute atomic E-state index is 12.0. The van der Waals surface area contributed by atoms with Crippen molar-refractivity contribution in [3.63, 3.8) is 0 Å². The van der Waals surface area contributed by atoms with Crippen LogP contribution in [0, 0.1) is 0 Å². The van der Waals surface area contributed by atoms with Crippen LogP contribution < -0.4 is 14.8 Å². The Morgan fingerprint density at radius 3 is 2.44 bits per heavy atom. The van der Waals surface area contributed by atoms with Crippen molar-refractivity contribution >= 4 is 28.2 Å². The third kappa shape index (κ3) is 3.19. The number of ether oxygens (including phenoxy) is 3. The molecular weight excluding hydrogens is 320 g/mol. The molecule has 1 heterocycles. The Morgan fingerprint density at radius 1 is 1.00 bits per heavy atom. The Hall–Kier alpha value is -3.28. The molecule has 0 aliphatic carbocycles. The van der Waals surface area contributed by atoms with Crippen LogP contribution in [0.3, 0.4) is 0 Å². The van der Waals surface area contributed by atoms with Gasteiger partial charge in [-0.05, 0) is 12.1 Å². The summed E-state index contributed by atoms with van der Waals surface area (Å²) in [6.45, 7) is 0. The van der Waals surface area contributed by atoms with E-state index in [0.29, 0.717) is 28.6 Å². The van der Waals surface area contributed by atoms with Crippen LogP contribution in [0.15, 0.2) is 48.7 Å². The molecule has 6 nitrogen and oxygen atoms in total. The van der Waals surface area contributed by atoms with Crippen molar-refractivity contribution in [2.24, 2.45) is 0 Å². The van der Waals surface area contributed by atoms with Gasteiger partial charge in [-0.25, -0.2) is 9.78 Å². The van der Waals surface area contributed by atoms with Gasteiger partial charge in [0.05, 0.1) is 32.6 Å². The fourth-order valence-electron chi connectivity index (χ4n) is 2.60. The second kappa shape index (κ2) is 7.09. The van der Waals surface area contributed by atoms with Gasteiger partial charge in [0.25, 0.3) is 0 Å². The average Bonchev–Trinajstić information content (AvgIpc) is 2.67. The molecule has 25 heavy (non-hydrogen) atoms. The smallest absolute Gasteiger partial charge is 0.340 e. The zero-order valence-corrected chi connectivity index (χ0v) is 14.2. The minimum Gasteiger partial charge on any atom is -0.497 e. The number of pyridine rings is 1. The molecule has 0 atom stereocenters. The fourth-order valence-corrected chi connectivity index (χ4v) is 2.60. The normalized spacial score (nSPS) is 10.4. The standard InChI is InChI=1S/C19H18N2O4/c1-23-12-8-9-17(24-2)16(10-12)21-18-14-7-5-4-6-13(14)15(11-20-18)19(22)25-3/h4-11H,1-3H3,(H,20,21). The minimum absolute atomic E-state index is 0.418. The number of methoxy groups -OCH3 is 3. The summed E-state index contributed by atoms with van der Waals surface area (Å²) in [6, 6.07) is 13.0. The summed E-state index contributed by atoms with van der Waals surface area (Å²) in [4.78, 5) is 16.4. The van der Waals surface area contributed by atoms with Gasteiger partial charge in [0.1, 0.15) is 17.3 Å².